The van der Waals surface area contributed by atoms with E-state index >= 15 is 0 Å². The minimum atomic E-state index is 0.782. The van der Waals surface area contributed by atoms with Crippen LogP contribution in [0.1, 0.15) is 34.1 Å². The molecule has 0 fully saturated rings. The Morgan fingerprint density at radius 2 is 1.92 bits per heavy atom. The van der Waals surface area contributed by atoms with Gasteiger partial charge in [-0.25, -0.2) is 0 Å². The van der Waals surface area contributed by atoms with Crippen LogP contribution in [0.3, 0.4) is 0 Å². The van der Waals surface area contributed by atoms with Gasteiger partial charge in [0.2, 0.25) is 0 Å². The van der Waals surface area contributed by atoms with Crippen molar-refractivity contribution in [1.82, 2.24) is 5.32 Å². The van der Waals surface area contributed by atoms with Gasteiger partial charge in [0.05, 0.1) is 0 Å². The van der Waals surface area contributed by atoms with Crippen molar-refractivity contribution in [3.63, 3.8) is 0 Å². The van der Waals surface area contributed by atoms with Crippen molar-refractivity contribution in [3.8, 4) is 0 Å². The Morgan fingerprint density at radius 3 is 2.33 bits per heavy atom. The summed E-state index contributed by atoms with van der Waals surface area (Å²) in [6, 6.07) is 0. The van der Waals surface area contributed by atoms with Crippen LogP contribution in [-0.4, -0.2) is 13.1 Å². The van der Waals surface area contributed by atoms with Crippen LogP contribution in [0.2, 0.25) is 0 Å². The summed E-state index contributed by atoms with van der Waals surface area (Å²) in [5, 5.41) is 3.39. The zero-order chi connectivity index (χ0) is 9.56. The van der Waals surface area contributed by atoms with Crippen molar-refractivity contribution < 1.29 is 0 Å². The van der Waals surface area contributed by atoms with Gasteiger partial charge >= 0.3 is 0 Å². The Balaban J connectivity index is 3.31. The molecule has 0 aliphatic rings. The second-order valence-corrected chi connectivity index (χ2v) is 4.32. The molecule has 0 aliphatic carbocycles. The Labute approximate surface area is 77.2 Å². The number of hydrogen-bond donors (Lipinski definition) is 1. The highest BCUT2D eigenvalue weighted by molar-refractivity contribution is 4.90. The molecule has 0 spiro atoms. The van der Waals surface area contributed by atoms with Gasteiger partial charge < -0.3 is 5.32 Å². The van der Waals surface area contributed by atoms with E-state index in [0.29, 0.717) is 0 Å². The van der Waals surface area contributed by atoms with Crippen LogP contribution in [0.4, 0.5) is 0 Å². The Bertz CT molecular complexity index is 127. The predicted molar refractivity (Wildman–Crippen MR) is 56.3 cm³/mol. The van der Waals surface area contributed by atoms with Crippen molar-refractivity contribution in [1.29, 1.82) is 0 Å². The first-order valence-electron chi connectivity index (χ1n) is 4.87. The van der Waals surface area contributed by atoms with Gasteiger partial charge in [-0.3, -0.25) is 0 Å². The Hall–Kier alpha value is -0.300. The van der Waals surface area contributed by atoms with E-state index in [4.69, 9.17) is 0 Å². The SMILES string of the molecule is C=C(C)CNC[C@H](C)CC(C)C. The first kappa shape index (κ1) is 11.7. The fourth-order valence-electron chi connectivity index (χ4n) is 1.42. The first-order valence-corrected chi connectivity index (χ1v) is 4.87. The van der Waals surface area contributed by atoms with Crippen LogP contribution in [0.5, 0.6) is 0 Å². The topological polar surface area (TPSA) is 12.0 Å². The van der Waals surface area contributed by atoms with E-state index in [1.165, 1.54) is 12.0 Å². The van der Waals surface area contributed by atoms with Crippen molar-refractivity contribution in [2.75, 3.05) is 13.1 Å². The molecule has 0 unspecified atom stereocenters. The van der Waals surface area contributed by atoms with Gasteiger partial charge in [-0.2, -0.15) is 0 Å². The summed E-state index contributed by atoms with van der Waals surface area (Å²) >= 11 is 0. The van der Waals surface area contributed by atoms with E-state index in [1.54, 1.807) is 0 Å². The van der Waals surface area contributed by atoms with Crippen LogP contribution in [-0.2, 0) is 0 Å². The molecule has 0 aliphatic heterocycles. The third kappa shape index (κ3) is 7.80. The maximum atomic E-state index is 3.85. The van der Waals surface area contributed by atoms with Crippen LogP contribution in [0.15, 0.2) is 12.2 Å². The van der Waals surface area contributed by atoms with E-state index in [2.05, 4.69) is 39.6 Å². The summed E-state index contributed by atoms with van der Waals surface area (Å²) < 4.78 is 0. The molecule has 0 amide bonds. The van der Waals surface area contributed by atoms with Crippen LogP contribution < -0.4 is 5.32 Å². The summed E-state index contributed by atoms with van der Waals surface area (Å²) in [5.41, 5.74) is 1.21. The van der Waals surface area contributed by atoms with Crippen LogP contribution in [0, 0.1) is 11.8 Å². The monoisotopic (exact) mass is 169 g/mol. The normalized spacial score (nSPS) is 13.4. The first-order chi connectivity index (χ1) is 5.52. The molecule has 0 radical (unpaired) electrons. The summed E-state index contributed by atoms with van der Waals surface area (Å²) in [7, 11) is 0. The fourth-order valence-corrected chi connectivity index (χ4v) is 1.42. The lowest BCUT2D eigenvalue weighted by Gasteiger charge is -2.14. The van der Waals surface area contributed by atoms with E-state index in [9.17, 15) is 0 Å². The Morgan fingerprint density at radius 1 is 1.33 bits per heavy atom. The van der Waals surface area contributed by atoms with Gasteiger partial charge in [0.15, 0.2) is 0 Å². The minimum Gasteiger partial charge on any atom is -0.313 e. The molecule has 1 nitrogen and oxygen atoms in total. The molecular weight excluding hydrogens is 146 g/mol. The second kappa shape index (κ2) is 6.24. The van der Waals surface area contributed by atoms with Gasteiger partial charge in [-0.15, -0.1) is 0 Å². The number of rotatable bonds is 6. The zero-order valence-corrected chi connectivity index (χ0v) is 8.98. The molecular formula is C11H23N. The molecule has 0 saturated heterocycles. The summed E-state index contributed by atoms with van der Waals surface area (Å²) in [5.74, 6) is 1.59. The quantitative estimate of drug-likeness (QED) is 0.603. The standard InChI is InChI=1S/C11H23N/c1-9(2)6-11(5)8-12-7-10(3)4/h9,11-12H,3,6-8H2,1-2,4-5H3/t11-/m1/s1. The molecule has 1 N–H and O–H groups in total. The highest BCUT2D eigenvalue weighted by Crippen LogP contribution is 2.09. The smallest absolute Gasteiger partial charge is 0.0159 e. The van der Waals surface area contributed by atoms with Gasteiger partial charge in [0.25, 0.3) is 0 Å². The molecule has 72 valence electrons. The average molecular weight is 169 g/mol. The van der Waals surface area contributed by atoms with Crippen molar-refractivity contribution in [2.45, 2.75) is 34.1 Å². The van der Waals surface area contributed by atoms with Crippen molar-refractivity contribution >= 4 is 0 Å². The van der Waals surface area contributed by atoms with E-state index < -0.39 is 0 Å². The molecule has 12 heavy (non-hydrogen) atoms. The average Bonchev–Trinajstić information content (AvgIpc) is 1.84. The molecule has 0 aromatic rings. The molecule has 1 heteroatoms. The largest absolute Gasteiger partial charge is 0.313 e. The third-order valence-corrected chi connectivity index (χ3v) is 1.79. The summed E-state index contributed by atoms with van der Waals surface area (Å²) in [4.78, 5) is 0. The van der Waals surface area contributed by atoms with Gasteiger partial charge in [-0.1, -0.05) is 32.9 Å². The highest BCUT2D eigenvalue weighted by Gasteiger charge is 2.03. The van der Waals surface area contributed by atoms with E-state index in [-0.39, 0.29) is 0 Å². The lowest BCUT2D eigenvalue weighted by molar-refractivity contribution is 0.420. The highest BCUT2D eigenvalue weighted by atomic mass is 14.9. The minimum absolute atomic E-state index is 0.782. The molecule has 0 aromatic carbocycles. The molecule has 1 atom stereocenters. The van der Waals surface area contributed by atoms with Crippen molar-refractivity contribution in [3.05, 3.63) is 12.2 Å². The zero-order valence-electron chi connectivity index (χ0n) is 8.98. The maximum Gasteiger partial charge on any atom is 0.0159 e. The van der Waals surface area contributed by atoms with Crippen LogP contribution in [0.25, 0.3) is 0 Å². The van der Waals surface area contributed by atoms with Gasteiger partial charge in [0, 0.05) is 6.54 Å². The second-order valence-electron chi connectivity index (χ2n) is 4.32. The molecule has 0 saturated carbocycles. The molecule has 0 aromatic heterocycles. The summed E-state index contributed by atoms with van der Waals surface area (Å²) in [6.07, 6.45) is 1.31. The van der Waals surface area contributed by atoms with E-state index in [1.807, 2.05) is 0 Å². The molecule has 0 rings (SSSR count). The van der Waals surface area contributed by atoms with Crippen molar-refractivity contribution in [2.24, 2.45) is 11.8 Å². The summed E-state index contributed by atoms with van der Waals surface area (Å²) in [6.45, 7) is 14.8. The fraction of sp³-hybridized carbons (Fsp3) is 0.818. The number of nitrogens with one attached hydrogen (secondary N) is 1. The lowest BCUT2D eigenvalue weighted by Crippen LogP contribution is -2.23. The molecule has 0 bridgehead atoms. The van der Waals surface area contributed by atoms with E-state index in [0.717, 1.165) is 24.9 Å². The van der Waals surface area contributed by atoms with Gasteiger partial charge in [0.1, 0.15) is 0 Å². The lowest BCUT2D eigenvalue weighted by atomic mass is 9.99. The molecule has 0 heterocycles. The van der Waals surface area contributed by atoms with Crippen LogP contribution >= 0.6 is 0 Å². The third-order valence-electron chi connectivity index (χ3n) is 1.79. The van der Waals surface area contributed by atoms with Gasteiger partial charge in [-0.05, 0) is 31.7 Å². The maximum absolute atomic E-state index is 3.85. The Kier molecular flexibility index (Phi) is 6.09. The number of hydrogen-bond acceptors (Lipinski definition) is 1. The predicted octanol–water partition coefficient (Wildman–Crippen LogP) is 2.83.